The maximum Gasteiger partial charge on any atom is 0.387 e. The molecule has 1 amide bonds. The Labute approximate surface area is 159 Å². The summed E-state index contributed by atoms with van der Waals surface area (Å²) in [6.45, 7) is -3.29. The molecule has 0 aromatic heterocycles. The first-order valence-electron chi connectivity index (χ1n) is 8.05. The molecule has 0 saturated heterocycles. The van der Waals surface area contributed by atoms with Crippen LogP contribution in [0.4, 0.5) is 8.78 Å². The summed E-state index contributed by atoms with van der Waals surface area (Å²) in [6, 6.07) is 11.3. The first kappa shape index (κ1) is 20.8. The highest BCUT2D eigenvalue weighted by atomic mass is 19.3. The number of amides is 1. The monoisotopic (exact) mass is 393 g/mol. The number of benzene rings is 2. The normalized spacial score (nSPS) is 10.3. The molecule has 2 aromatic rings. The van der Waals surface area contributed by atoms with Gasteiger partial charge < -0.3 is 19.5 Å². The van der Waals surface area contributed by atoms with Gasteiger partial charge in [-0.15, -0.1) is 0 Å². The van der Waals surface area contributed by atoms with Crippen LogP contribution in [0, 0.1) is 0 Å². The van der Waals surface area contributed by atoms with Gasteiger partial charge in [-0.1, -0.05) is 12.1 Å². The summed E-state index contributed by atoms with van der Waals surface area (Å²) < 4.78 is 37.8. The summed E-state index contributed by atoms with van der Waals surface area (Å²) in [7, 11) is 1.28. The minimum absolute atomic E-state index is 0.0906. The number of halogens is 2. The van der Waals surface area contributed by atoms with Crippen LogP contribution in [0.15, 0.2) is 48.5 Å². The summed E-state index contributed by atoms with van der Waals surface area (Å²) in [5.41, 5.74) is 1.21. The minimum atomic E-state index is -2.96. The van der Waals surface area contributed by atoms with Gasteiger partial charge in [-0.3, -0.25) is 4.79 Å². The molecule has 0 atom stereocenters. The van der Waals surface area contributed by atoms with Gasteiger partial charge in [0, 0.05) is 6.54 Å². The Morgan fingerprint density at radius 2 is 1.50 bits per heavy atom. The van der Waals surface area contributed by atoms with Gasteiger partial charge in [0.25, 0.3) is 5.91 Å². The van der Waals surface area contributed by atoms with E-state index in [9.17, 15) is 23.2 Å². The fourth-order valence-electron chi connectivity index (χ4n) is 2.12. The quantitative estimate of drug-likeness (QED) is 0.693. The summed E-state index contributed by atoms with van der Waals surface area (Å²) in [5.74, 6) is -1.86. The molecular formula is C19H17F2NO6. The number of rotatable bonds is 8. The number of hydrogen-bond acceptors (Lipinski definition) is 6. The van der Waals surface area contributed by atoms with Gasteiger partial charge in [0.1, 0.15) is 5.75 Å². The van der Waals surface area contributed by atoms with Gasteiger partial charge in [0.15, 0.2) is 6.61 Å². The zero-order valence-corrected chi connectivity index (χ0v) is 14.8. The van der Waals surface area contributed by atoms with Crippen LogP contribution in [0.25, 0.3) is 0 Å². The van der Waals surface area contributed by atoms with Crippen molar-refractivity contribution in [2.45, 2.75) is 13.2 Å². The maximum absolute atomic E-state index is 12.1. The molecule has 0 aliphatic heterocycles. The first-order valence-corrected chi connectivity index (χ1v) is 8.05. The number of carbonyl (C=O) groups excluding carboxylic acids is 3. The molecule has 7 nitrogen and oxygen atoms in total. The Hall–Kier alpha value is -3.49. The Morgan fingerprint density at radius 1 is 0.929 bits per heavy atom. The molecule has 9 heteroatoms. The van der Waals surface area contributed by atoms with Crippen LogP contribution in [-0.4, -0.2) is 38.2 Å². The van der Waals surface area contributed by atoms with E-state index in [1.807, 2.05) is 0 Å². The fraction of sp³-hybridized carbons (Fsp3) is 0.211. The maximum atomic E-state index is 12.1. The second-order valence-electron chi connectivity index (χ2n) is 5.44. The average Bonchev–Trinajstić information content (AvgIpc) is 2.70. The molecule has 0 fully saturated rings. The molecule has 28 heavy (non-hydrogen) atoms. The number of ether oxygens (including phenoxy) is 3. The molecule has 1 N–H and O–H groups in total. The molecule has 2 rings (SSSR count). The highest BCUT2D eigenvalue weighted by Crippen LogP contribution is 2.15. The van der Waals surface area contributed by atoms with E-state index in [2.05, 4.69) is 14.8 Å². The number of hydrogen-bond donors (Lipinski definition) is 1. The first-order chi connectivity index (χ1) is 13.4. The average molecular weight is 393 g/mol. The van der Waals surface area contributed by atoms with Crippen LogP contribution in [0.3, 0.4) is 0 Å². The molecule has 0 aliphatic carbocycles. The van der Waals surface area contributed by atoms with Crippen molar-refractivity contribution < 1.29 is 37.4 Å². The highest BCUT2D eigenvalue weighted by molar-refractivity contribution is 5.91. The van der Waals surface area contributed by atoms with Crippen molar-refractivity contribution in [3.8, 4) is 5.75 Å². The molecular weight excluding hydrogens is 376 g/mol. The van der Waals surface area contributed by atoms with Gasteiger partial charge >= 0.3 is 18.6 Å². The van der Waals surface area contributed by atoms with Gasteiger partial charge in [-0.25, -0.2) is 9.59 Å². The number of carbonyl (C=O) groups is 3. The standard InChI is InChI=1S/C19H17F2NO6/c1-26-17(24)13-4-2-12(3-5-13)10-22-16(23)11-27-18(25)14-6-8-15(9-7-14)28-19(20)21/h2-9,19H,10-11H2,1H3,(H,22,23). The van der Waals surface area contributed by atoms with E-state index in [-0.39, 0.29) is 17.9 Å². The van der Waals surface area contributed by atoms with E-state index in [4.69, 9.17) is 4.74 Å². The smallest absolute Gasteiger partial charge is 0.387 e. The van der Waals surface area contributed by atoms with E-state index in [1.165, 1.54) is 31.4 Å². The third-order valence-corrected chi connectivity index (χ3v) is 3.51. The van der Waals surface area contributed by atoms with Crippen LogP contribution in [0.5, 0.6) is 5.75 Å². The molecule has 0 bridgehead atoms. The van der Waals surface area contributed by atoms with Gasteiger partial charge in [-0.2, -0.15) is 8.78 Å². The van der Waals surface area contributed by atoms with Crippen molar-refractivity contribution in [3.05, 3.63) is 65.2 Å². The molecule has 0 aliphatic rings. The van der Waals surface area contributed by atoms with E-state index in [1.54, 1.807) is 24.3 Å². The lowest BCUT2D eigenvalue weighted by Gasteiger charge is -2.08. The second-order valence-corrected chi connectivity index (χ2v) is 5.44. The van der Waals surface area contributed by atoms with Gasteiger partial charge in [-0.05, 0) is 42.0 Å². The molecule has 148 valence electrons. The number of nitrogens with one attached hydrogen (secondary N) is 1. The van der Waals surface area contributed by atoms with Crippen LogP contribution >= 0.6 is 0 Å². The topological polar surface area (TPSA) is 90.9 Å². The molecule has 0 saturated carbocycles. The predicted molar refractivity (Wildman–Crippen MR) is 93.0 cm³/mol. The molecule has 2 aromatic carbocycles. The second kappa shape index (κ2) is 10.0. The third-order valence-electron chi connectivity index (χ3n) is 3.51. The summed E-state index contributed by atoms with van der Waals surface area (Å²) >= 11 is 0. The lowest BCUT2D eigenvalue weighted by molar-refractivity contribution is -0.124. The summed E-state index contributed by atoms with van der Waals surface area (Å²) in [5, 5.41) is 2.56. The van der Waals surface area contributed by atoms with E-state index < -0.39 is 31.1 Å². The molecule has 0 spiro atoms. The zero-order valence-electron chi connectivity index (χ0n) is 14.8. The Bertz CT molecular complexity index is 821. The van der Waals surface area contributed by atoms with Crippen molar-refractivity contribution in [2.75, 3.05) is 13.7 Å². The van der Waals surface area contributed by atoms with Crippen LogP contribution < -0.4 is 10.1 Å². The lowest BCUT2D eigenvalue weighted by atomic mass is 10.1. The van der Waals surface area contributed by atoms with Gasteiger partial charge in [0.05, 0.1) is 18.2 Å². The molecule has 0 radical (unpaired) electrons. The SMILES string of the molecule is COC(=O)c1ccc(CNC(=O)COC(=O)c2ccc(OC(F)F)cc2)cc1. The zero-order chi connectivity index (χ0) is 20.5. The van der Waals surface area contributed by atoms with E-state index in [0.717, 1.165) is 5.56 Å². The number of methoxy groups -OCH3 is 1. The largest absolute Gasteiger partial charge is 0.465 e. The van der Waals surface area contributed by atoms with Crippen molar-refractivity contribution >= 4 is 17.8 Å². The minimum Gasteiger partial charge on any atom is -0.465 e. The van der Waals surface area contributed by atoms with Crippen LogP contribution in [0.2, 0.25) is 0 Å². The molecule has 0 unspecified atom stereocenters. The number of esters is 2. The predicted octanol–water partition coefficient (Wildman–Crippen LogP) is 2.55. The van der Waals surface area contributed by atoms with Crippen molar-refractivity contribution in [1.82, 2.24) is 5.32 Å². The van der Waals surface area contributed by atoms with Crippen molar-refractivity contribution in [3.63, 3.8) is 0 Å². The van der Waals surface area contributed by atoms with E-state index in [0.29, 0.717) is 5.56 Å². The summed E-state index contributed by atoms with van der Waals surface area (Å²) in [4.78, 5) is 35.0. The number of alkyl halides is 2. The third kappa shape index (κ3) is 6.35. The lowest BCUT2D eigenvalue weighted by Crippen LogP contribution is -2.28. The van der Waals surface area contributed by atoms with Gasteiger partial charge in [0.2, 0.25) is 0 Å². The highest BCUT2D eigenvalue weighted by Gasteiger charge is 2.12. The Kier molecular flexibility index (Phi) is 7.44. The Morgan fingerprint density at radius 3 is 2.07 bits per heavy atom. The van der Waals surface area contributed by atoms with Crippen molar-refractivity contribution in [2.24, 2.45) is 0 Å². The summed E-state index contributed by atoms with van der Waals surface area (Å²) in [6.07, 6.45) is 0. The van der Waals surface area contributed by atoms with E-state index >= 15 is 0 Å². The van der Waals surface area contributed by atoms with Crippen LogP contribution in [0.1, 0.15) is 26.3 Å². The van der Waals surface area contributed by atoms with Crippen molar-refractivity contribution in [1.29, 1.82) is 0 Å². The van der Waals surface area contributed by atoms with Crippen LogP contribution in [-0.2, 0) is 20.8 Å². The molecule has 0 heterocycles. The fourth-order valence-corrected chi connectivity index (χ4v) is 2.12. The Balaban J connectivity index is 1.77.